The number of hydrogen-bond acceptors (Lipinski definition) is 5. The first-order valence-corrected chi connectivity index (χ1v) is 7.81. The first kappa shape index (κ1) is 17.8. The lowest BCUT2D eigenvalue weighted by molar-refractivity contribution is -0.139. The van der Waals surface area contributed by atoms with Gasteiger partial charge in [0.25, 0.3) is 0 Å². The number of sulfonamides is 1. The number of hydrogen-bond donors (Lipinski definition) is 3. The molecule has 2 aromatic rings. The molecule has 0 unspecified atom stereocenters. The fourth-order valence-corrected chi connectivity index (χ4v) is 2.71. The highest BCUT2D eigenvalue weighted by molar-refractivity contribution is 7.89. The van der Waals surface area contributed by atoms with Crippen LogP contribution in [0.25, 0.3) is 0 Å². The molecule has 0 spiro atoms. The van der Waals surface area contributed by atoms with Crippen molar-refractivity contribution in [2.24, 2.45) is 5.14 Å². The lowest BCUT2D eigenvalue weighted by Gasteiger charge is -2.16. The Labute approximate surface area is 133 Å². The van der Waals surface area contributed by atoms with E-state index >= 15 is 0 Å². The van der Waals surface area contributed by atoms with Crippen LogP contribution < -0.4 is 10.5 Å². The summed E-state index contributed by atoms with van der Waals surface area (Å²) in [6, 6.07) is 2.32. The number of nitrogens with two attached hydrogens (primary N) is 1. The van der Waals surface area contributed by atoms with Crippen LogP contribution in [-0.2, 0) is 22.7 Å². The van der Waals surface area contributed by atoms with Crippen molar-refractivity contribution in [2.75, 3.05) is 5.32 Å². The van der Waals surface area contributed by atoms with E-state index in [2.05, 4.69) is 5.32 Å². The van der Waals surface area contributed by atoms with Gasteiger partial charge in [0.05, 0.1) is 28.5 Å². The molecule has 0 saturated heterocycles. The van der Waals surface area contributed by atoms with E-state index in [9.17, 15) is 26.4 Å². The highest BCUT2D eigenvalue weighted by atomic mass is 32.2. The van der Waals surface area contributed by atoms with Crippen molar-refractivity contribution in [1.82, 2.24) is 0 Å². The van der Waals surface area contributed by atoms with Gasteiger partial charge in [0.2, 0.25) is 10.0 Å². The number of anilines is 1. The monoisotopic (exact) mass is 364 g/mol. The molecule has 0 aliphatic rings. The molecule has 0 amide bonds. The van der Waals surface area contributed by atoms with Crippen LogP contribution in [0.2, 0.25) is 0 Å². The van der Waals surface area contributed by atoms with Gasteiger partial charge in [0, 0.05) is 17.8 Å². The van der Waals surface area contributed by atoms with Gasteiger partial charge in [-0.25, -0.2) is 18.4 Å². The fourth-order valence-electron chi connectivity index (χ4n) is 1.95. The van der Waals surface area contributed by atoms with E-state index in [1.54, 1.807) is 0 Å². The molecule has 7 nitrogen and oxygen atoms in total. The van der Waals surface area contributed by atoms with Crippen LogP contribution in [0.15, 0.2) is 40.0 Å². The largest absolute Gasteiger partial charge is 0.478 e. The lowest BCUT2D eigenvalue weighted by atomic mass is 10.1. The Hall–Kier alpha value is -2.53. The number of alkyl halides is 3. The van der Waals surface area contributed by atoms with E-state index in [1.807, 2.05) is 0 Å². The Balaban J connectivity index is 2.58. The van der Waals surface area contributed by atoms with Crippen molar-refractivity contribution in [1.29, 1.82) is 0 Å². The fraction of sp³-hybridized carbons (Fsp3) is 0.154. The Morgan fingerprint density at radius 1 is 1.33 bits per heavy atom. The third kappa shape index (κ3) is 3.86. The molecule has 130 valence electrons. The number of furan rings is 1. The summed E-state index contributed by atoms with van der Waals surface area (Å²) in [5.41, 5.74) is -2.06. The summed E-state index contributed by atoms with van der Waals surface area (Å²) in [4.78, 5) is 9.94. The average Bonchev–Trinajstić information content (AvgIpc) is 2.95. The Morgan fingerprint density at radius 2 is 2.00 bits per heavy atom. The Bertz CT molecular complexity index is 860. The van der Waals surface area contributed by atoms with E-state index in [0.717, 1.165) is 0 Å². The van der Waals surface area contributed by atoms with Gasteiger partial charge in [-0.1, -0.05) is 0 Å². The van der Waals surface area contributed by atoms with E-state index in [0.29, 0.717) is 17.7 Å². The molecule has 2 rings (SSSR count). The first-order chi connectivity index (χ1) is 11.0. The third-order valence-corrected chi connectivity index (χ3v) is 3.98. The highest BCUT2D eigenvalue weighted by Crippen LogP contribution is 2.37. The number of rotatable bonds is 5. The molecular formula is C13H11F3N2O5S. The highest BCUT2D eigenvalue weighted by Gasteiger charge is 2.38. The van der Waals surface area contributed by atoms with E-state index in [-0.39, 0.29) is 6.54 Å². The maximum Gasteiger partial charge on any atom is 0.417 e. The smallest absolute Gasteiger partial charge is 0.417 e. The predicted octanol–water partition coefficient (Wildman–Crippen LogP) is 2.26. The number of nitrogens with one attached hydrogen (secondary N) is 1. The maximum absolute atomic E-state index is 13.1. The quantitative estimate of drug-likeness (QED) is 0.748. The van der Waals surface area contributed by atoms with Crippen molar-refractivity contribution in [3.05, 3.63) is 47.4 Å². The Kier molecular flexibility index (Phi) is 4.58. The van der Waals surface area contributed by atoms with Gasteiger partial charge in [-0.15, -0.1) is 0 Å². The lowest BCUT2D eigenvalue weighted by Crippen LogP contribution is -2.21. The summed E-state index contributed by atoms with van der Waals surface area (Å²) in [7, 11) is -4.77. The molecule has 1 aromatic heterocycles. The molecule has 0 radical (unpaired) electrons. The van der Waals surface area contributed by atoms with Crippen molar-refractivity contribution in [2.45, 2.75) is 17.6 Å². The van der Waals surface area contributed by atoms with Crippen LogP contribution in [-0.4, -0.2) is 19.5 Å². The van der Waals surface area contributed by atoms with Crippen molar-refractivity contribution < 1.29 is 35.9 Å². The molecule has 0 aliphatic heterocycles. The summed E-state index contributed by atoms with van der Waals surface area (Å²) in [6.45, 7) is -0.0250. The van der Waals surface area contributed by atoms with E-state index < -0.39 is 43.9 Å². The number of primary sulfonamides is 1. The molecule has 11 heteroatoms. The summed E-state index contributed by atoms with van der Waals surface area (Å²) in [6.07, 6.45) is -2.39. The first-order valence-electron chi connectivity index (χ1n) is 6.26. The molecule has 4 N–H and O–H groups in total. The second kappa shape index (κ2) is 6.17. The zero-order valence-corrected chi connectivity index (χ0v) is 12.6. The van der Waals surface area contributed by atoms with E-state index in [1.165, 1.54) is 18.6 Å². The van der Waals surface area contributed by atoms with Crippen LogP contribution in [0.1, 0.15) is 21.5 Å². The molecule has 0 saturated carbocycles. The minimum absolute atomic E-state index is 0.0250. The maximum atomic E-state index is 13.1. The number of aromatic carboxylic acids is 1. The molecular weight excluding hydrogens is 353 g/mol. The van der Waals surface area contributed by atoms with Gasteiger partial charge < -0.3 is 14.8 Å². The second-order valence-electron chi connectivity index (χ2n) is 4.73. The molecule has 1 aromatic carbocycles. The zero-order valence-electron chi connectivity index (χ0n) is 11.8. The van der Waals surface area contributed by atoms with Gasteiger partial charge in [-0.05, 0) is 18.2 Å². The van der Waals surface area contributed by atoms with Gasteiger partial charge >= 0.3 is 12.1 Å². The standard InChI is InChI=1S/C13H11F3N2O5S/c14-13(15,16)9-4-10(18-5-7-1-2-23-6-7)8(12(19)20)3-11(9)24(17,21)22/h1-4,6,18H,5H2,(H,19,20)(H2,17,21,22). The van der Waals surface area contributed by atoms with Crippen molar-refractivity contribution in [3.8, 4) is 0 Å². The van der Waals surface area contributed by atoms with Crippen LogP contribution in [0.4, 0.5) is 18.9 Å². The summed E-state index contributed by atoms with van der Waals surface area (Å²) in [5, 5.41) is 16.4. The van der Waals surface area contributed by atoms with E-state index in [4.69, 9.17) is 14.7 Å². The summed E-state index contributed by atoms with van der Waals surface area (Å²) >= 11 is 0. The SMILES string of the molecule is NS(=O)(=O)c1cc(C(=O)O)c(NCc2ccoc2)cc1C(F)(F)F. The third-order valence-electron chi connectivity index (χ3n) is 3.03. The number of halogens is 3. The summed E-state index contributed by atoms with van der Waals surface area (Å²) < 4.78 is 66.8. The van der Waals surface area contributed by atoms with Gasteiger partial charge in [-0.2, -0.15) is 13.2 Å². The zero-order chi connectivity index (χ0) is 18.1. The molecule has 0 aliphatic carbocycles. The minimum atomic E-state index is -5.04. The van der Waals surface area contributed by atoms with Gasteiger partial charge in [0.1, 0.15) is 0 Å². The summed E-state index contributed by atoms with van der Waals surface area (Å²) in [5.74, 6) is -1.61. The van der Waals surface area contributed by atoms with Crippen molar-refractivity contribution in [3.63, 3.8) is 0 Å². The number of carboxylic acid groups (broad SMARTS) is 1. The molecule has 0 bridgehead atoms. The molecule has 1 heterocycles. The minimum Gasteiger partial charge on any atom is -0.478 e. The topological polar surface area (TPSA) is 123 Å². The van der Waals surface area contributed by atoms with Crippen LogP contribution >= 0.6 is 0 Å². The van der Waals surface area contributed by atoms with Crippen LogP contribution in [0, 0.1) is 0 Å². The molecule has 0 fully saturated rings. The predicted molar refractivity (Wildman–Crippen MR) is 75.8 cm³/mol. The van der Waals surface area contributed by atoms with Gasteiger partial charge in [0.15, 0.2) is 0 Å². The normalized spacial score (nSPS) is 12.2. The molecule has 0 atom stereocenters. The average molecular weight is 364 g/mol. The van der Waals surface area contributed by atoms with Crippen LogP contribution in [0.3, 0.4) is 0 Å². The number of carbonyl (C=O) groups is 1. The number of benzene rings is 1. The molecule has 24 heavy (non-hydrogen) atoms. The Morgan fingerprint density at radius 3 is 2.46 bits per heavy atom. The van der Waals surface area contributed by atoms with Crippen LogP contribution in [0.5, 0.6) is 0 Å². The van der Waals surface area contributed by atoms with Crippen molar-refractivity contribution >= 4 is 21.7 Å². The number of carboxylic acids is 1. The second-order valence-corrected chi connectivity index (χ2v) is 6.26. The van der Waals surface area contributed by atoms with Gasteiger partial charge in [-0.3, -0.25) is 0 Å².